The topological polar surface area (TPSA) is 105 Å². The van der Waals surface area contributed by atoms with Crippen LogP contribution in [0.2, 0.25) is 0 Å². The van der Waals surface area contributed by atoms with Gasteiger partial charge in [-0.1, -0.05) is 48.5 Å². The maximum Gasteiger partial charge on any atom is 0.272 e. The monoisotopic (exact) mass is 396 g/mol. The lowest BCUT2D eigenvalue weighted by atomic mass is 10.0. The van der Waals surface area contributed by atoms with Crippen molar-refractivity contribution in [2.45, 2.75) is 12.2 Å². The minimum atomic E-state index is -1.21. The number of nitrogens with one attached hydrogen (secondary N) is 1. The number of anilines is 1. The van der Waals surface area contributed by atoms with Crippen molar-refractivity contribution in [3.05, 3.63) is 65.7 Å². The molecule has 8 heteroatoms. The Bertz CT molecular complexity index is 917. The van der Waals surface area contributed by atoms with Crippen molar-refractivity contribution in [3.8, 4) is 0 Å². The van der Waals surface area contributed by atoms with Gasteiger partial charge in [0.2, 0.25) is 12.1 Å². The summed E-state index contributed by atoms with van der Waals surface area (Å²) in [7, 11) is 0. The molecule has 1 aliphatic heterocycles. The highest BCUT2D eigenvalue weighted by Crippen LogP contribution is 2.27. The van der Waals surface area contributed by atoms with Gasteiger partial charge in [-0.25, -0.2) is 4.99 Å². The van der Waals surface area contributed by atoms with Gasteiger partial charge in [0.1, 0.15) is 6.29 Å². The molecular weight excluding hydrogens is 376 g/mol. The predicted octanol–water partition coefficient (Wildman–Crippen LogP) is 0.769. The number of carbonyl (C=O) groups is 3. The molecule has 2 amide bonds. The van der Waals surface area contributed by atoms with E-state index in [1.165, 1.54) is 4.90 Å². The predicted molar refractivity (Wildman–Crippen MR) is 111 cm³/mol. The number of hydrogen-bond donors (Lipinski definition) is 3. The lowest BCUT2D eigenvalue weighted by Crippen LogP contribution is -2.52. The quantitative estimate of drug-likeness (QED) is 0.495. The zero-order valence-corrected chi connectivity index (χ0v) is 15.9. The van der Waals surface area contributed by atoms with Crippen molar-refractivity contribution in [2.24, 2.45) is 10.7 Å². The molecule has 0 saturated carbocycles. The smallest absolute Gasteiger partial charge is 0.272 e. The summed E-state index contributed by atoms with van der Waals surface area (Å²) in [6, 6.07) is 15.6. The molecule has 0 radical (unpaired) electrons. The summed E-state index contributed by atoms with van der Waals surface area (Å²) >= 11 is 4.02. The average Bonchev–Trinajstić information content (AvgIpc) is 2.84. The van der Waals surface area contributed by atoms with E-state index in [0.717, 1.165) is 5.56 Å². The molecule has 2 aromatic rings. The molecule has 0 spiro atoms. The molecule has 3 N–H and O–H groups in total. The standard InChI is InChI=1S/C20H20N4O3S/c21-15(12-28)19(26)23-18-20(27)24(10-11-25)16-9-5-4-8-14(16)17(22-18)13-6-2-1-3-7-13/h1-9,11,15,18,28H,10,12,21H2,(H,23,26). The molecule has 1 heterocycles. The number of thiol groups is 1. The van der Waals surface area contributed by atoms with E-state index in [9.17, 15) is 14.4 Å². The average molecular weight is 396 g/mol. The summed E-state index contributed by atoms with van der Waals surface area (Å²) in [5, 5.41) is 2.57. The number of para-hydroxylation sites is 1. The molecule has 7 nitrogen and oxygen atoms in total. The summed E-state index contributed by atoms with van der Waals surface area (Å²) in [5.41, 5.74) is 8.30. The van der Waals surface area contributed by atoms with Crippen LogP contribution < -0.4 is 16.0 Å². The number of aliphatic imine (C=N–C) groups is 1. The zero-order chi connectivity index (χ0) is 20.1. The Morgan fingerprint density at radius 1 is 1.21 bits per heavy atom. The van der Waals surface area contributed by atoms with Gasteiger partial charge in [0.05, 0.1) is 24.0 Å². The van der Waals surface area contributed by atoms with Crippen molar-refractivity contribution < 1.29 is 14.4 Å². The molecule has 0 aromatic heterocycles. The second kappa shape index (κ2) is 8.81. The summed E-state index contributed by atoms with van der Waals surface area (Å²) < 4.78 is 0. The zero-order valence-electron chi connectivity index (χ0n) is 15.0. The van der Waals surface area contributed by atoms with Crippen LogP contribution in [-0.4, -0.2) is 48.3 Å². The Kier molecular flexibility index (Phi) is 6.23. The van der Waals surface area contributed by atoms with Crippen molar-refractivity contribution in [3.63, 3.8) is 0 Å². The molecule has 3 rings (SSSR count). The Hall–Kier alpha value is -2.97. The van der Waals surface area contributed by atoms with Crippen LogP contribution in [0.4, 0.5) is 5.69 Å². The van der Waals surface area contributed by atoms with E-state index < -0.39 is 24.0 Å². The van der Waals surface area contributed by atoms with E-state index in [2.05, 4.69) is 22.9 Å². The summed E-state index contributed by atoms with van der Waals surface area (Å²) in [4.78, 5) is 42.5. The summed E-state index contributed by atoms with van der Waals surface area (Å²) in [6.45, 7) is -0.154. The lowest BCUT2D eigenvalue weighted by Gasteiger charge is -2.23. The number of benzene rings is 2. The van der Waals surface area contributed by atoms with Crippen molar-refractivity contribution in [1.82, 2.24) is 5.32 Å². The summed E-state index contributed by atoms with van der Waals surface area (Å²) in [5.74, 6) is -0.924. The minimum absolute atomic E-state index is 0.125. The molecular formula is C20H20N4O3S. The number of nitrogens with zero attached hydrogens (tertiary/aromatic N) is 2. The highest BCUT2D eigenvalue weighted by Gasteiger charge is 2.33. The van der Waals surface area contributed by atoms with Gasteiger partial charge in [-0.3, -0.25) is 9.59 Å². The second-order valence-corrected chi connectivity index (χ2v) is 6.54. The molecule has 2 aromatic carbocycles. The molecule has 0 fully saturated rings. The fourth-order valence-corrected chi connectivity index (χ4v) is 3.10. The van der Waals surface area contributed by atoms with Crippen LogP contribution >= 0.6 is 12.6 Å². The van der Waals surface area contributed by atoms with Gasteiger partial charge in [0.25, 0.3) is 5.91 Å². The van der Waals surface area contributed by atoms with Gasteiger partial charge in [-0.05, 0) is 6.07 Å². The molecule has 0 aliphatic carbocycles. The van der Waals surface area contributed by atoms with E-state index in [-0.39, 0.29) is 12.3 Å². The Morgan fingerprint density at radius 2 is 1.89 bits per heavy atom. The highest BCUT2D eigenvalue weighted by molar-refractivity contribution is 7.80. The number of aldehydes is 1. The fraction of sp³-hybridized carbons (Fsp3) is 0.200. The summed E-state index contributed by atoms with van der Waals surface area (Å²) in [6.07, 6.45) is -0.568. The van der Waals surface area contributed by atoms with Crippen LogP contribution in [0, 0.1) is 0 Å². The third kappa shape index (κ3) is 3.97. The molecule has 1 aliphatic rings. The number of carbonyl (C=O) groups excluding carboxylic acids is 3. The highest BCUT2D eigenvalue weighted by atomic mass is 32.1. The van der Waals surface area contributed by atoms with Gasteiger partial charge < -0.3 is 20.7 Å². The van der Waals surface area contributed by atoms with E-state index >= 15 is 0 Å². The number of amides is 2. The molecule has 144 valence electrons. The van der Waals surface area contributed by atoms with Gasteiger partial charge in [0.15, 0.2) is 0 Å². The maximum absolute atomic E-state index is 13.1. The Morgan fingerprint density at radius 3 is 2.57 bits per heavy atom. The van der Waals surface area contributed by atoms with Crippen LogP contribution in [0.1, 0.15) is 11.1 Å². The van der Waals surface area contributed by atoms with Crippen LogP contribution in [0.3, 0.4) is 0 Å². The van der Waals surface area contributed by atoms with Gasteiger partial charge in [0, 0.05) is 16.9 Å². The molecule has 0 bridgehead atoms. The Labute approximate surface area is 168 Å². The van der Waals surface area contributed by atoms with Crippen molar-refractivity contribution in [1.29, 1.82) is 0 Å². The lowest BCUT2D eigenvalue weighted by molar-refractivity contribution is -0.128. The van der Waals surface area contributed by atoms with Crippen LogP contribution in [0.5, 0.6) is 0 Å². The van der Waals surface area contributed by atoms with Gasteiger partial charge in [-0.2, -0.15) is 12.6 Å². The number of rotatable bonds is 6. The number of benzodiazepines with no additional fused rings is 1. The van der Waals surface area contributed by atoms with Crippen LogP contribution in [0.25, 0.3) is 0 Å². The van der Waals surface area contributed by atoms with E-state index in [0.29, 0.717) is 23.2 Å². The van der Waals surface area contributed by atoms with E-state index in [4.69, 9.17) is 5.73 Å². The normalized spacial score (nSPS) is 17.2. The molecule has 2 unspecified atom stereocenters. The van der Waals surface area contributed by atoms with Crippen molar-refractivity contribution in [2.75, 3.05) is 17.2 Å². The minimum Gasteiger partial charge on any atom is -0.325 e. The fourth-order valence-electron chi connectivity index (χ4n) is 2.94. The third-order valence-electron chi connectivity index (χ3n) is 4.32. The molecule has 0 saturated heterocycles. The van der Waals surface area contributed by atoms with Gasteiger partial charge in [-0.15, -0.1) is 0 Å². The number of hydrogen-bond acceptors (Lipinski definition) is 6. The van der Waals surface area contributed by atoms with Gasteiger partial charge >= 0.3 is 0 Å². The Balaban J connectivity index is 2.14. The largest absolute Gasteiger partial charge is 0.325 e. The van der Waals surface area contributed by atoms with E-state index in [1.54, 1.807) is 12.1 Å². The molecule has 2 atom stereocenters. The molecule has 28 heavy (non-hydrogen) atoms. The van der Waals surface area contributed by atoms with Crippen LogP contribution in [-0.2, 0) is 14.4 Å². The maximum atomic E-state index is 13.1. The first-order valence-corrected chi connectivity index (χ1v) is 9.34. The first-order valence-electron chi connectivity index (χ1n) is 8.71. The van der Waals surface area contributed by atoms with Crippen LogP contribution in [0.15, 0.2) is 59.6 Å². The first kappa shape index (κ1) is 19.8. The second-order valence-electron chi connectivity index (χ2n) is 6.18. The first-order chi connectivity index (χ1) is 13.6. The number of fused-ring (bicyclic) bond motifs is 1. The van der Waals surface area contributed by atoms with E-state index in [1.807, 2.05) is 42.5 Å². The third-order valence-corrected chi connectivity index (χ3v) is 4.72. The van der Waals surface area contributed by atoms with Crippen molar-refractivity contribution >= 4 is 42.1 Å². The SMILES string of the molecule is NC(CS)C(=O)NC1N=C(c2ccccc2)c2ccccc2N(CC=O)C1=O. The number of nitrogens with two attached hydrogens (primary N) is 1.